The van der Waals surface area contributed by atoms with Gasteiger partial charge in [-0.15, -0.1) is 0 Å². The van der Waals surface area contributed by atoms with Gasteiger partial charge in [0.25, 0.3) is 5.91 Å². The molecule has 0 saturated heterocycles. The number of hydrogen-bond donors (Lipinski definition) is 4. The highest BCUT2D eigenvalue weighted by Crippen LogP contribution is 2.36. The minimum absolute atomic E-state index is 0.0153. The van der Waals surface area contributed by atoms with Gasteiger partial charge in [0, 0.05) is 25.0 Å². The van der Waals surface area contributed by atoms with Crippen LogP contribution in [0, 0.1) is 0 Å². The first-order valence-electron chi connectivity index (χ1n) is 8.25. The first-order valence-corrected chi connectivity index (χ1v) is 8.25. The fraction of sp³-hybridized carbons (Fsp3) is 0.235. The first kappa shape index (κ1) is 21.0. The molecule has 1 unspecified atom stereocenters. The highest BCUT2D eigenvalue weighted by atomic mass is 19.4. The Labute approximate surface area is 166 Å². The van der Waals surface area contributed by atoms with E-state index in [-0.39, 0.29) is 22.8 Å². The third kappa shape index (κ3) is 3.87. The lowest BCUT2D eigenvalue weighted by atomic mass is 10.00. The van der Waals surface area contributed by atoms with Crippen LogP contribution in [0.4, 0.5) is 19.0 Å². The van der Waals surface area contributed by atoms with E-state index in [0.29, 0.717) is 6.07 Å². The van der Waals surface area contributed by atoms with Crippen LogP contribution in [0.15, 0.2) is 30.1 Å². The molecule has 0 bridgehead atoms. The summed E-state index contributed by atoms with van der Waals surface area (Å²) in [6.07, 6.45) is -4.27. The third-order valence-electron chi connectivity index (χ3n) is 4.19. The number of hydrogen-bond acceptors (Lipinski definition) is 8. The fourth-order valence-corrected chi connectivity index (χ4v) is 2.74. The average Bonchev–Trinajstić information content (AvgIpc) is 2.70. The monoisotopic (exact) mass is 425 g/mol. The fourth-order valence-electron chi connectivity index (χ4n) is 2.74. The molecule has 2 aromatic rings. The second-order valence-electron chi connectivity index (χ2n) is 6.18. The third-order valence-corrected chi connectivity index (χ3v) is 4.19. The molecule has 0 aliphatic carbocycles. The second kappa shape index (κ2) is 7.59. The highest BCUT2D eigenvalue weighted by Gasteiger charge is 2.36. The number of aromatic nitrogens is 3. The van der Waals surface area contributed by atoms with Gasteiger partial charge in [0.1, 0.15) is 29.4 Å². The molecule has 1 aliphatic rings. The predicted molar refractivity (Wildman–Crippen MR) is 94.9 cm³/mol. The number of aliphatic hydroxyl groups is 2. The van der Waals surface area contributed by atoms with Crippen molar-refractivity contribution in [3.63, 3.8) is 0 Å². The minimum atomic E-state index is -4.69. The number of alkyl halides is 3. The van der Waals surface area contributed by atoms with Crippen LogP contribution >= 0.6 is 0 Å². The molecule has 10 nitrogen and oxygen atoms in total. The standard InChI is InChI=1S/C17H14F3N5O5/c1-25-14-8(12(28)11(16(25)30)15(29)23-6-10(26)27)4-7(5-22-14)13-21-3-2-9(24-13)17(18,19)20/h2-5,16,28,30H,6H2,1H3,(H,23,29)(H,26,27). The van der Waals surface area contributed by atoms with Crippen LogP contribution < -0.4 is 10.2 Å². The number of rotatable bonds is 4. The van der Waals surface area contributed by atoms with Gasteiger partial charge in [-0.1, -0.05) is 0 Å². The zero-order valence-corrected chi connectivity index (χ0v) is 15.2. The highest BCUT2D eigenvalue weighted by molar-refractivity contribution is 6.04. The lowest BCUT2D eigenvalue weighted by molar-refractivity contribution is -0.141. The number of amides is 1. The summed E-state index contributed by atoms with van der Waals surface area (Å²) in [6, 6.07) is 1.90. The largest absolute Gasteiger partial charge is 0.507 e. The molecule has 1 aliphatic heterocycles. The molecular weight excluding hydrogens is 411 g/mol. The van der Waals surface area contributed by atoms with Crippen molar-refractivity contribution in [2.75, 3.05) is 18.5 Å². The number of nitrogens with one attached hydrogen (secondary N) is 1. The second-order valence-corrected chi connectivity index (χ2v) is 6.18. The molecule has 4 N–H and O–H groups in total. The van der Waals surface area contributed by atoms with Gasteiger partial charge in [0.15, 0.2) is 12.1 Å². The Morgan fingerprint density at radius 2 is 2.00 bits per heavy atom. The topological polar surface area (TPSA) is 149 Å². The van der Waals surface area contributed by atoms with Crippen LogP contribution in [0.25, 0.3) is 17.1 Å². The van der Waals surface area contributed by atoms with Crippen LogP contribution in [0.2, 0.25) is 0 Å². The Balaban J connectivity index is 2.07. The number of carbonyl (C=O) groups excluding carboxylic acids is 1. The molecule has 158 valence electrons. The summed E-state index contributed by atoms with van der Waals surface area (Å²) < 4.78 is 38.7. The molecule has 1 amide bonds. The predicted octanol–water partition coefficient (Wildman–Crippen LogP) is 0.795. The number of halogens is 3. The van der Waals surface area contributed by atoms with Gasteiger partial charge in [0.2, 0.25) is 0 Å². The summed E-state index contributed by atoms with van der Waals surface area (Å²) in [5.41, 5.74) is -1.79. The Morgan fingerprint density at radius 3 is 2.63 bits per heavy atom. The van der Waals surface area contributed by atoms with E-state index < -0.39 is 47.9 Å². The smallest absolute Gasteiger partial charge is 0.433 e. The summed E-state index contributed by atoms with van der Waals surface area (Å²) in [4.78, 5) is 35.3. The number of anilines is 1. The summed E-state index contributed by atoms with van der Waals surface area (Å²) in [5, 5.41) is 31.5. The number of nitrogens with zero attached hydrogens (tertiary/aromatic N) is 4. The quantitative estimate of drug-likeness (QED) is 0.558. The van der Waals surface area contributed by atoms with E-state index in [1.807, 2.05) is 5.32 Å². The van der Waals surface area contributed by atoms with E-state index in [4.69, 9.17) is 5.11 Å². The van der Waals surface area contributed by atoms with Gasteiger partial charge in [-0.25, -0.2) is 15.0 Å². The molecule has 0 radical (unpaired) electrons. The number of pyridine rings is 1. The minimum Gasteiger partial charge on any atom is -0.507 e. The van der Waals surface area contributed by atoms with Gasteiger partial charge in [0.05, 0.1) is 5.56 Å². The SMILES string of the molecule is CN1c2ncc(-c3nccc(C(F)(F)F)n3)cc2C(O)=C(C(=O)NCC(=O)O)C1O. The van der Waals surface area contributed by atoms with Gasteiger partial charge in [-0.05, 0) is 12.1 Å². The van der Waals surface area contributed by atoms with E-state index in [9.17, 15) is 33.0 Å². The average molecular weight is 425 g/mol. The zero-order chi connectivity index (χ0) is 22.2. The van der Waals surface area contributed by atoms with E-state index in [1.54, 1.807) is 0 Å². The molecule has 30 heavy (non-hydrogen) atoms. The molecule has 3 rings (SSSR count). The van der Waals surface area contributed by atoms with Gasteiger partial charge >= 0.3 is 12.1 Å². The maximum Gasteiger partial charge on any atom is 0.433 e. The number of likely N-dealkylation sites (N-methyl/N-ethyl adjacent to an activating group) is 1. The first-order chi connectivity index (χ1) is 14.0. The summed E-state index contributed by atoms with van der Waals surface area (Å²) in [6.45, 7) is -0.755. The molecule has 0 aromatic carbocycles. The van der Waals surface area contributed by atoms with Gasteiger partial charge in [-0.2, -0.15) is 13.2 Å². The lowest BCUT2D eigenvalue weighted by Gasteiger charge is -2.32. The Bertz CT molecular complexity index is 1060. The lowest BCUT2D eigenvalue weighted by Crippen LogP contribution is -2.44. The molecule has 2 aromatic heterocycles. The molecular formula is C17H14F3N5O5. The Morgan fingerprint density at radius 1 is 1.30 bits per heavy atom. The number of carboxylic acid groups (broad SMARTS) is 1. The number of aliphatic hydroxyl groups excluding tert-OH is 2. The van der Waals surface area contributed by atoms with E-state index in [2.05, 4.69) is 15.0 Å². The molecule has 0 spiro atoms. The Kier molecular flexibility index (Phi) is 5.31. The van der Waals surface area contributed by atoms with Crippen molar-refractivity contribution in [2.45, 2.75) is 12.4 Å². The van der Waals surface area contributed by atoms with E-state index in [1.165, 1.54) is 13.1 Å². The van der Waals surface area contributed by atoms with Crippen LogP contribution in [0.3, 0.4) is 0 Å². The molecule has 0 saturated carbocycles. The summed E-state index contributed by atoms with van der Waals surface area (Å²) in [7, 11) is 1.36. The number of aliphatic carboxylic acids is 1. The van der Waals surface area contributed by atoms with Crippen molar-refractivity contribution in [1.29, 1.82) is 0 Å². The maximum atomic E-state index is 12.9. The molecule has 1 atom stereocenters. The summed E-state index contributed by atoms with van der Waals surface area (Å²) >= 11 is 0. The van der Waals surface area contributed by atoms with Crippen molar-refractivity contribution >= 4 is 23.5 Å². The normalized spacial score (nSPS) is 16.3. The van der Waals surface area contributed by atoms with Crippen molar-refractivity contribution in [3.8, 4) is 11.4 Å². The molecule has 0 fully saturated rings. The zero-order valence-electron chi connectivity index (χ0n) is 15.2. The van der Waals surface area contributed by atoms with Crippen molar-refractivity contribution in [3.05, 3.63) is 41.4 Å². The van der Waals surface area contributed by atoms with Crippen molar-refractivity contribution in [1.82, 2.24) is 20.3 Å². The number of carbonyl (C=O) groups is 2. The van der Waals surface area contributed by atoms with Crippen molar-refractivity contribution in [2.24, 2.45) is 0 Å². The van der Waals surface area contributed by atoms with Gasteiger partial charge < -0.3 is 25.5 Å². The Hall–Kier alpha value is -3.74. The summed E-state index contributed by atoms with van der Waals surface area (Å²) in [5.74, 6) is -3.38. The molecule has 13 heteroatoms. The van der Waals surface area contributed by atoms with E-state index in [0.717, 1.165) is 17.3 Å². The van der Waals surface area contributed by atoms with Crippen molar-refractivity contribution < 1.29 is 38.1 Å². The number of carboxylic acids is 1. The van der Waals surface area contributed by atoms with Crippen LogP contribution in [-0.2, 0) is 15.8 Å². The van der Waals surface area contributed by atoms with Crippen LogP contribution in [0.5, 0.6) is 0 Å². The van der Waals surface area contributed by atoms with E-state index >= 15 is 0 Å². The van der Waals surface area contributed by atoms with Crippen LogP contribution in [-0.4, -0.2) is 62.0 Å². The van der Waals surface area contributed by atoms with Crippen LogP contribution in [0.1, 0.15) is 11.3 Å². The van der Waals surface area contributed by atoms with Gasteiger partial charge in [-0.3, -0.25) is 9.59 Å². The molecule has 3 heterocycles. The number of fused-ring (bicyclic) bond motifs is 1. The maximum absolute atomic E-state index is 12.9.